The third kappa shape index (κ3) is 4.63. The van der Waals surface area contributed by atoms with E-state index in [0.29, 0.717) is 5.75 Å². The molecule has 1 aromatic carbocycles. The van der Waals surface area contributed by atoms with Gasteiger partial charge in [0.2, 0.25) is 0 Å². The fraction of sp³-hybridized carbons (Fsp3) is 0.278. The Kier molecular flexibility index (Phi) is 5.97. The average Bonchev–Trinajstić information content (AvgIpc) is 2.43. The van der Waals surface area contributed by atoms with Gasteiger partial charge in [0.05, 0.1) is 6.26 Å². The van der Waals surface area contributed by atoms with Crippen molar-refractivity contribution in [2.75, 3.05) is 0 Å². The van der Waals surface area contributed by atoms with Gasteiger partial charge >= 0.3 is 5.97 Å². The van der Waals surface area contributed by atoms with E-state index in [2.05, 4.69) is 13.8 Å². The molecule has 0 saturated carbocycles. The average molecular weight is 286 g/mol. The van der Waals surface area contributed by atoms with Crippen molar-refractivity contribution in [2.24, 2.45) is 0 Å². The summed E-state index contributed by atoms with van der Waals surface area (Å²) in [5, 5.41) is 8.84. The summed E-state index contributed by atoms with van der Waals surface area (Å²) in [5.41, 5.74) is 1.92. The molecular formula is C18H22O3. The maximum atomic E-state index is 10.9. The molecule has 0 saturated heterocycles. The Hall–Kier alpha value is -2.29. The van der Waals surface area contributed by atoms with Gasteiger partial charge in [0.25, 0.3) is 0 Å². The van der Waals surface area contributed by atoms with Crippen LogP contribution >= 0.6 is 0 Å². The van der Waals surface area contributed by atoms with E-state index in [0.717, 1.165) is 17.4 Å². The topological polar surface area (TPSA) is 46.5 Å². The molecule has 0 fully saturated rings. The van der Waals surface area contributed by atoms with Crippen LogP contribution in [0, 0.1) is 0 Å². The van der Waals surface area contributed by atoms with Crippen molar-refractivity contribution in [3.63, 3.8) is 0 Å². The van der Waals surface area contributed by atoms with Crippen molar-refractivity contribution in [1.29, 1.82) is 0 Å². The van der Waals surface area contributed by atoms with Gasteiger partial charge in [-0.1, -0.05) is 44.2 Å². The van der Waals surface area contributed by atoms with E-state index >= 15 is 0 Å². The number of carbonyl (C=O) groups excluding carboxylic acids is 1. The molecule has 0 aliphatic carbocycles. The van der Waals surface area contributed by atoms with E-state index in [1.165, 1.54) is 6.92 Å². The Labute approximate surface area is 126 Å². The highest BCUT2D eigenvalue weighted by molar-refractivity contribution is 5.69. The molecule has 21 heavy (non-hydrogen) atoms. The minimum Gasteiger partial charge on any atom is -0.516 e. The number of aliphatic hydroxyl groups excluding tert-OH is 1. The van der Waals surface area contributed by atoms with Gasteiger partial charge < -0.3 is 9.84 Å². The van der Waals surface area contributed by atoms with Crippen molar-refractivity contribution in [3.8, 4) is 5.75 Å². The van der Waals surface area contributed by atoms with Gasteiger partial charge in [-0.3, -0.25) is 4.79 Å². The lowest BCUT2D eigenvalue weighted by atomic mass is 9.77. The van der Waals surface area contributed by atoms with Crippen molar-refractivity contribution in [3.05, 3.63) is 66.0 Å². The van der Waals surface area contributed by atoms with Gasteiger partial charge in [0.1, 0.15) is 5.75 Å². The summed E-state index contributed by atoms with van der Waals surface area (Å²) in [6.07, 6.45) is 8.47. The lowest BCUT2D eigenvalue weighted by molar-refractivity contribution is -0.131. The van der Waals surface area contributed by atoms with Gasteiger partial charge in [0.15, 0.2) is 0 Å². The van der Waals surface area contributed by atoms with Gasteiger partial charge in [-0.25, -0.2) is 0 Å². The van der Waals surface area contributed by atoms with E-state index in [1.54, 1.807) is 18.2 Å². The van der Waals surface area contributed by atoms with Crippen LogP contribution in [0.5, 0.6) is 5.75 Å². The van der Waals surface area contributed by atoms with E-state index in [-0.39, 0.29) is 11.4 Å². The lowest BCUT2D eigenvalue weighted by Crippen LogP contribution is -2.19. The Morgan fingerprint density at radius 1 is 1.24 bits per heavy atom. The van der Waals surface area contributed by atoms with Crippen LogP contribution in [0.2, 0.25) is 0 Å². The molecule has 0 heterocycles. The lowest BCUT2D eigenvalue weighted by Gasteiger charge is -2.27. The largest absolute Gasteiger partial charge is 0.516 e. The fourth-order valence-corrected chi connectivity index (χ4v) is 2.07. The maximum absolute atomic E-state index is 10.9. The molecule has 0 spiro atoms. The third-order valence-electron chi connectivity index (χ3n) is 3.27. The van der Waals surface area contributed by atoms with Crippen molar-refractivity contribution < 1.29 is 14.6 Å². The number of aliphatic hydroxyl groups is 1. The quantitative estimate of drug-likeness (QED) is 0.376. The number of esters is 1. The first kappa shape index (κ1) is 16.8. The molecule has 0 aromatic heterocycles. The van der Waals surface area contributed by atoms with Crippen LogP contribution in [0.3, 0.4) is 0 Å². The highest BCUT2D eigenvalue weighted by atomic mass is 16.5. The van der Waals surface area contributed by atoms with Gasteiger partial charge in [-0.15, -0.1) is 0 Å². The summed E-state index contributed by atoms with van der Waals surface area (Å²) in [7, 11) is 0. The molecule has 1 N–H and O–H groups in total. The van der Waals surface area contributed by atoms with Gasteiger partial charge in [-0.05, 0) is 36.3 Å². The number of benzene rings is 1. The predicted octanol–water partition coefficient (Wildman–Crippen LogP) is 4.46. The molecular weight excluding hydrogens is 264 g/mol. The molecule has 1 aromatic rings. The number of ether oxygens (including phenoxy) is 1. The third-order valence-corrected chi connectivity index (χ3v) is 3.27. The van der Waals surface area contributed by atoms with Crippen molar-refractivity contribution in [2.45, 2.75) is 33.1 Å². The Bertz CT molecular complexity index is 561. The molecule has 1 rings (SSSR count). The molecule has 0 aliphatic rings. The first-order valence-electron chi connectivity index (χ1n) is 6.85. The zero-order chi connectivity index (χ0) is 15.9. The summed E-state index contributed by atoms with van der Waals surface area (Å²) in [6.45, 7) is 7.54. The fourth-order valence-electron chi connectivity index (χ4n) is 2.07. The molecule has 112 valence electrons. The minimum atomic E-state index is -0.329. The molecule has 0 atom stereocenters. The highest BCUT2D eigenvalue weighted by Gasteiger charge is 2.23. The second kappa shape index (κ2) is 7.48. The molecule has 0 radical (unpaired) electrons. The number of hydrogen-bond acceptors (Lipinski definition) is 3. The SMILES string of the molecule is C\C=C/C(=C\C=C\O)C(C)(C)c1ccc(OC(C)=O)cc1. The Morgan fingerprint density at radius 3 is 2.33 bits per heavy atom. The number of hydrogen-bond donors (Lipinski definition) is 1. The van der Waals surface area contributed by atoms with Gasteiger partial charge in [0, 0.05) is 12.3 Å². The standard InChI is InChI=1S/C18H22O3/c1-5-7-15(8-6-13-19)18(3,4)16-9-11-17(12-10-16)21-14(2)20/h5-13,19H,1-4H3/b7-5-,13-6+,15-8+. The highest BCUT2D eigenvalue weighted by Crippen LogP contribution is 2.33. The Morgan fingerprint density at radius 2 is 1.86 bits per heavy atom. The van der Waals surface area contributed by atoms with Crippen molar-refractivity contribution in [1.82, 2.24) is 0 Å². The molecule has 0 amide bonds. The summed E-state index contributed by atoms with van der Waals surface area (Å²) >= 11 is 0. The Balaban J connectivity index is 3.12. The normalized spacial score (nSPS) is 13.0. The van der Waals surface area contributed by atoms with Crippen LogP contribution in [-0.2, 0) is 10.2 Å². The van der Waals surface area contributed by atoms with Gasteiger partial charge in [-0.2, -0.15) is 0 Å². The molecule has 3 nitrogen and oxygen atoms in total. The summed E-state index contributed by atoms with van der Waals surface area (Å²) in [6, 6.07) is 7.46. The zero-order valence-electron chi connectivity index (χ0n) is 13.0. The van der Waals surface area contributed by atoms with Crippen LogP contribution in [0.15, 0.2) is 60.4 Å². The summed E-state index contributed by atoms with van der Waals surface area (Å²) < 4.78 is 5.04. The van der Waals surface area contributed by atoms with E-state index in [9.17, 15) is 4.79 Å². The van der Waals surface area contributed by atoms with Crippen LogP contribution in [0.1, 0.15) is 33.3 Å². The van der Waals surface area contributed by atoms with Crippen LogP contribution < -0.4 is 4.74 Å². The van der Waals surface area contributed by atoms with E-state index in [4.69, 9.17) is 9.84 Å². The molecule has 0 unspecified atom stereocenters. The van der Waals surface area contributed by atoms with E-state index in [1.807, 2.05) is 37.3 Å². The smallest absolute Gasteiger partial charge is 0.308 e. The van der Waals surface area contributed by atoms with Crippen LogP contribution in [0.25, 0.3) is 0 Å². The maximum Gasteiger partial charge on any atom is 0.308 e. The van der Waals surface area contributed by atoms with Crippen molar-refractivity contribution >= 4 is 5.97 Å². The number of rotatable bonds is 5. The second-order valence-electron chi connectivity index (χ2n) is 5.21. The number of carbonyl (C=O) groups is 1. The monoisotopic (exact) mass is 286 g/mol. The van der Waals surface area contributed by atoms with E-state index < -0.39 is 0 Å². The molecule has 0 bridgehead atoms. The first-order chi connectivity index (χ1) is 9.91. The summed E-state index contributed by atoms with van der Waals surface area (Å²) in [5.74, 6) is 0.207. The molecule has 0 aliphatic heterocycles. The molecule has 3 heteroatoms. The minimum absolute atomic E-state index is 0.235. The number of allylic oxidation sites excluding steroid dienone is 5. The van der Waals surface area contributed by atoms with Crippen LogP contribution in [0.4, 0.5) is 0 Å². The van der Waals surface area contributed by atoms with Crippen LogP contribution in [-0.4, -0.2) is 11.1 Å². The zero-order valence-corrected chi connectivity index (χ0v) is 13.0. The summed E-state index contributed by atoms with van der Waals surface area (Å²) in [4.78, 5) is 10.9. The first-order valence-corrected chi connectivity index (χ1v) is 6.85. The second-order valence-corrected chi connectivity index (χ2v) is 5.21. The predicted molar refractivity (Wildman–Crippen MR) is 85.4 cm³/mol.